The number of nitrogens with zero attached hydrogens (tertiary/aromatic N) is 3. The second-order valence-corrected chi connectivity index (χ2v) is 8.96. The van der Waals surface area contributed by atoms with Crippen molar-refractivity contribution in [1.82, 2.24) is 0 Å². The van der Waals surface area contributed by atoms with Crippen molar-refractivity contribution in [3.05, 3.63) is 95.2 Å². The van der Waals surface area contributed by atoms with Gasteiger partial charge in [-0.3, -0.25) is 0 Å². The second kappa shape index (κ2) is 12.7. The zero-order chi connectivity index (χ0) is 26.4. The first-order valence-electron chi connectivity index (χ1n) is 12.2. The number of fused-ring (bicyclic) bond motifs is 1. The molecule has 1 N–H and O–H groups in total. The van der Waals surface area contributed by atoms with Crippen LogP contribution in [0, 0.1) is 0 Å². The van der Waals surface area contributed by atoms with E-state index >= 15 is 0 Å². The van der Waals surface area contributed by atoms with Crippen LogP contribution in [0.15, 0.2) is 88.7 Å². The first-order valence-corrected chi connectivity index (χ1v) is 12.2. The number of ether oxygens (including phenoxy) is 3. The van der Waals surface area contributed by atoms with Gasteiger partial charge in [-0.05, 0) is 79.9 Å². The van der Waals surface area contributed by atoms with Gasteiger partial charge in [0, 0.05) is 51.8 Å². The van der Waals surface area contributed by atoms with Gasteiger partial charge in [0.1, 0.15) is 17.2 Å². The van der Waals surface area contributed by atoms with Crippen LogP contribution in [0.4, 0.5) is 5.69 Å². The predicted molar refractivity (Wildman–Crippen MR) is 149 cm³/mol. The minimum absolute atomic E-state index is 0. The Morgan fingerprint density at radius 3 is 2.18 bits per heavy atom. The number of likely N-dealkylation sites (N-methyl/N-ethyl adjacent to an activating group) is 1. The van der Waals surface area contributed by atoms with E-state index in [1.54, 1.807) is 39.7 Å². The summed E-state index contributed by atoms with van der Waals surface area (Å²) in [5.41, 5.74) is 4.63. The summed E-state index contributed by atoms with van der Waals surface area (Å²) < 4.78 is 16.6. The Balaban J connectivity index is 0.00000400. The van der Waals surface area contributed by atoms with Gasteiger partial charge in [-0.15, -0.1) is 5.10 Å². The summed E-state index contributed by atoms with van der Waals surface area (Å²) in [5.74, 6) is 2.16. The Morgan fingerprint density at radius 1 is 0.921 bits per heavy atom. The van der Waals surface area contributed by atoms with E-state index in [0.717, 1.165) is 46.3 Å². The summed E-state index contributed by atoms with van der Waals surface area (Å²) in [4.78, 5) is 2.28. The molecule has 0 aliphatic carbocycles. The summed E-state index contributed by atoms with van der Waals surface area (Å²) in [6.45, 7) is 5.12. The van der Waals surface area contributed by atoms with E-state index < -0.39 is 5.41 Å². The maximum absolute atomic E-state index is 10.3. The average Bonchev–Trinajstić information content (AvgIpc) is 3.17. The number of rotatable bonds is 9. The van der Waals surface area contributed by atoms with Crippen LogP contribution in [0.2, 0.25) is 0 Å². The standard InChI is InChI=1S/C30H33N3O4.Co/c1-6-33-27-13-12-23(35-3)19-26(27)30(2,20-21-16-24(36-4)18-25(17-21)37-5)28(33)14-15-31-32-29(34)22-10-8-7-9-11-22;/h7-19H,6,20H2,1-5H3,(H,32,34);/b28-14-,31-15+;. The van der Waals surface area contributed by atoms with Gasteiger partial charge in [-0.25, -0.2) is 0 Å². The molecule has 3 aromatic rings. The van der Waals surface area contributed by atoms with E-state index in [-0.39, 0.29) is 22.7 Å². The molecule has 0 aromatic heterocycles. The van der Waals surface area contributed by atoms with Crippen molar-refractivity contribution >= 4 is 17.8 Å². The molecule has 1 unspecified atom stereocenters. The predicted octanol–water partition coefficient (Wildman–Crippen LogP) is 5.92. The number of allylic oxidation sites excluding steroid dienone is 2. The SMILES string of the molecule is CCN1\C(=C/C=N/N=C(\O)c2ccccc2)C(C)(Cc2cc(OC)cc(OC)c2)c2cc(OC)ccc21.[Co]. The van der Waals surface area contributed by atoms with E-state index in [0.29, 0.717) is 12.0 Å². The number of aliphatic hydroxyl groups excluding tert-OH is 1. The molecular formula is C30H33CoN3O4. The van der Waals surface area contributed by atoms with Gasteiger partial charge >= 0.3 is 0 Å². The molecule has 0 spiro atoms. The number of aliphatic hydroxyl groups is 1. The first kappa shape index (κ1) is 28.8. The van der Waals surface area contributed by atoms with Crippen molar-refractivity contribution in [2.24, 2.45) is 10.2 Å². The van der Waals surface area contributed by atoms with Gasteiger partial charge in [0.2, 0.25) is 5.90 Å². The van der Waals surface area contributed by atoms with Crippen LogP contribution in [0.1, 0.15) is 30.5 Å². The largest absolute Gasteiger partial charge is 0.497 e. The van der Waals surface area contributed by atoms with Gasteiger partial charge in [0.25, 0.3) is 0 Å². The molecule has 8 heteroatoms. The van der Waals surface area contributed by atoms with Crippen LogP contribution in [-0.4, -0.2) is 45.1 Å². The molecule has 1 atom stereocenters. The van der Waals surface area contributed by atoms with Gasteiger partial charge in [-0.1, -0.05) is 18.2 Å². The number of hydrogen-bond acceptors (Lipinski definition) is 6. The van der Waals surface area contributed by atoms with Crippen LogP contribution in [-0.2, 0) is 28.6 Å². The van der Waals surface area contributed by atoms with Crippen molar-refractivity contribution in [3.63, 3.8) is 0 Å². The van der Waals surface area contributed by atoms with Crippen LogP contribution in [0.5, 0.6) is 17.2 Å². The van der Waals surface area contributed by atoms with Gasteiger partial charge in [0.05, 0.1) is 27.5 Å². The van der Waals surface area contributed by atoms with Crippen molar-refractivity contribution in [2.75, 3.05) is 32.8 Å². The van der Waals surface area contributed by atoms with Crippen LogP contribution in [0.25, 0.3) is 0 Å². The average molecular weight is 559 g/mol. The summed E-state index contributed by atoms with van der Waals surface area (Å²) >= 11 is 0. The smallest absolute Gasteiger partial charge is 0.238 e. The fraction of sp³-hybridized carbons (Fsp3) is 0.267. The van der Waals surface area contributed by atoms with E-state index in [1.165, 1.54) is 0 Å². The third-order valence-corrected chi connectivity index (χ3v) is 6.71. The molecule has 201 valence electrons. The minimum Gasteiger partial charge on any atom is -0.497 e. The van der Waals surface area contributed by atoms with Crippen molar-refractivity contribution in [1.29, 1.82) is 0 Å². The third kappa shape index (κ3) is 5.87. The molecule has 7 nitrogen and oxygen atoms in total. The number of hydrogen-bond donors (Lipinski definition) is 1. The summed E-state index contributed by atoms with van der Waals surface area (Å²) in [6.07, 6.45) is 4.29. The second-order valence-electron chi connectivity index (χ2n) is 8.96. The van der Waals surface area contributed by atoms with Crippen molar-refractivity contribution in [2.45, 2.75) is 25.7 Å². The molecular weight excluding hydrogens is 525 g/mol. The molecule has 1 radical (unpaired) electrons. The number of anilines is 1. The molecule has 38 heavy (non-hydrogen) atoms. The van der Waals surface area contributed by atoms with Gasteiger partial charge in [0.15, 0.2) is 0 Å². The number of methoxy groups -OCH3 is 3. The Labute approximate surface area is 234 Å². The van der Waals surface area contributed by atoms with Crippen LogP contribution in [0.3, 0.4) is 0 Å². The Morgan fingerprint density at radius 2 is 1.58 bits per heavy atom. The maximum Gasteiger partial charge on any atom is 0.238 e. The number of benzene rings is 3. The molecule has 0 amide bonds. The quantitative estimate of drug-likeness (QED) is 0.200. The van der Waals surface area contributed by atoms with Gasteiger partial charge in [-0.2, -0.15) is 5.10 Å². The summed E-state index contributed by atoms with van der Waals surface area (Å²) in [7, 11) is 4.99. The van der Waals surface area contributed by atoms with Gasteiger partial charge < -0.3 is 24.2 Å². The van der Waals surface area contributed by atoms with Crippen LogP contribution >= 0.6 is 0 Å². The fourth-order valence-corrected chi connectivity index (χ4v) is 4.90. The molecule has 4 rings (SSSR count). The van der Waals surface area contributed by atoms with E-state index in [2.05, 4.69) is 41.1 Å². The van der Waals surface area contributed by atoms with Crippen molar-refractivity contribution < 1.29 is 36.1 Å². The van der Waals surface area contributed by atoms with Crippen molar-refractivity contribution in [3.8, 4) is 17.2 Å². The molecule has 0 saturated carbocycles. The van der Waals surface area contributed by atoms with Crippen LogP contribution < -0.4 is 19.1 Å². The molecule has 0 saturated heterocycles. The Hall–Kier alpha value is -3.75. The topological polar surface area (TPSA) is 75.9 Å². The molecule has 1 aliphatic rings. The van der Waals surface area contributed by atoms with E-state index in [1.807, 2.05) is 48.5 Å². The Kier molecular flexibility index (Phi) is 9.60. The molecule has 0 fully saturated rings. The Bertz CT molecular complexity index is 1320. The molecule has 1 aliphatic heterocycles. The molecule has 0 bridgehead atoms. The zero-order valence-electron chi connectivity index (χ0n) is 22.3. The van der Waals surface area contributed by atoms with E-state index in [9.17, 15) is 5.11 Å². The van der Waals surface area contributed by atoms with E-state index in [4.69, 9.17) is 14.2 Å². The normalized spacial score (nSPS) is 17.9. The first-order chi connectivity index (χ1) is 17.9. The summed E-state index contributed by atoms with van der Waals surface area (Å²) in [5, 5.41) is 18.4. The minimum atomic E-state index is -0.408. The fourth-order valence-electron chi connectivity index (χ4n) is 4.90. The zero-order valence-corrected chi connectivity index (χ0v) is 23.3. The maximum atomic E-state index is 10.3. The monoisotopic (exact) mass is 558 g/mol. The third-order valence-electron chi connectivity index (χ3n) is 6.71. The molecule has 3 aromatic carbocycles. The summed E-state index contributed by atoms with van der Waals surface area (Å²) in [6, 6.07) is 21.3. The molecule has 1 heterocycles.